The predicted molar refractivity (Wildman–Crippen MR) is 77.1 cm³/mol. The van der Waals surface area contributed by atoms with E-state index >= 15 is 0 Å². The molecule has 0 bridgehead atoms. The van der Waals surface area contributed by atoms with Gasteiger partial charge in [-0.25, -0.2) is 0 Å². The van der Waals surface area contributed by atoms with Crippen molar-refractivity contribution in [2.75, 3.05) is 11.5 Å². The highest BCUT2D eigenvalue weighted by molar-refractivity contribution is 6.31. The standard InChI is InChI=1S/C14H13ClN2O2/c15-10-5-9(6-13(18)19)14(17)12(7-10)8-1-3-11(16)4-2-8/h1-5,7H,6,16-17H2,(H,18,19). The largest absolute Gasteiger partial charge is 0.481 e. The molecule has 0 amide bonds. The summed E-state index contributed by atoms with van der Waals surface area (Å²) in [5.74, 6) is -0.947. The fourth-order valence-corrected chi connectivity index (χ4v) is 2.13. The maximum Gasteiger partial charge on any atom is 0.307 e. The third-order valence-corrected chi connectivity index (χ3v) is 3.01. The minimum Gasteiger partial charge on any atom is -0.481 e. The molecule has 0 fully saturated rings. The van der Waals surface area contributed by atoms with Gasteiger partial charge in [-0.15, -0.1) is 0 Å². The molecule has 0 aromatic heterocycles. The maximum absolute atomic E-state index is 10.8. The number of carboxylic acid groups (broad SMARTS) is 1. The Balaban J connectivity index is 2.54. The van der Waals surface area contributed by atoms with Crippen molar-refractivity contribution in [1.82, 2.24) is 0 Å². The minimum atomic E-state index is -0.947. The first-order valence-electron chi connectivity index (χ1n) is 5.63. The van der Waals surface area contributed by atoms with E-state index in [9.17, 15) is 4.79 Å². The number of hydrogen-bond donors (Lipinski definition) is 3. The van der Waals surface area contributed by atoms with Crippen LogP contribution in [0, 0.1) is 0 Å². The van der Waals surface area contributed by atoms with Crippen molar-refractivity contribution in [2.45, 2.75) is 6.42 Å². The van der Waals surface area contributed by atoms with Crippen molar-refractivity contribution in [2.24, 2.45) is 0 Å². The second kappa shape index (κ2) is 5.20. The van der Waals surface area contributed by atoms with Gasteiger partial charge < -0.3 is 16.6 Å². The van der Waals surface area contributed by atoms with Crippen LogP contribution in [0.5, 0.6) is 0 Å². The lowest BCUT2D eigenvalue weighted by Crippen LogP contribution is -2.05. The molecular formula is C14H13ClN2O2. The van der Waals surface area contributed by atoms with Crippen molar-refractivity contribution in [3.63, 3.8) is 0 Å². The van der Waals surface area contributed by atoms with E-state index < -0.39 is 5.97 Å². The lowest BCUT2D eigenvalue weighted by Gasteiger charge is -2.11. The molecule has 0 spiro atoms. The Hall–Kier alpha value is -2.20. The Kier molecular flexibility index (Phi) is 3.62. The van der Waals surface area contributed by atoms with Gasteiger partial charge in [0.05, 0.1) is 6.42 Å². The molecule has 2 rings (SSSR count). The van der Waals surface area contributed by atoms with Gasteiger partial charge >= 0.3 is 5.97 Å². The zero-order valence-corrected chi connectivity index (χ0v) is 10.8. The summed E-state index contributed by atoms with van der Waals surface area (Å²) in [6.07, 6.45) is -0.158. The summed E-state index contributed by atoms with van der Waals surface area (Å²) in [5, 5.41) is 9.32. The SMILES string of the molecule is Nc1ccc(-c2cc(Cl)cc(CC(=O)O)c2N)cc1. The lowest BCUT2D eigenvalue weighted by molar-refractivity contribution is -0.136. The lowest BCUT2D eigenvalue weighted by atomic mass is 9.98. The fraction of sp³-hybridized carbons (Fsp3) is 0.0714. The number of nitrogens with two attached hydrogens (primary N) is 2. The average molecular weight is 277 g/mol. The first-order chi connectivity index (χ1) is 8.97. The van der Waals surface area contributed by atoms with Crippen molar-refractivity contribution in [3.05, 3.63) is 47.0 Å². The Labute approximate surface area is 115 Å². The molecule has 2 aromatic carbocycles. The summed E-state index contributed by atoms with van der Waals surface area (Å²) in [7, 11) is 0. The van der Waals surface area contributed by atoms with Crippen molar-refractivity contribution < 1.29 is 9.90 Å². The van der Waals surface area contributed by atoms with E-state index in [1.165, 1.54) is 0 Å². The summed E-state index contributed by atoms with van der Waals surface area (Å²) in [4.78, 5) is 10.8. The van der Waals surface area contributed by atoms with Gasteiger partial charge in [-0.1, -0.05) is 23.7 Å². The molecular weight excluding hydrogens is 264 g/mol. The van der Waals surface area contributed by atoms with E-state index in [2.05, 4.69) is 0 Å². The number of carboxylic acids is 1. The molecule has 2 aromatic rings. The summed E-state index contributed by atoms with van der Waals surface area (Å²) in [5.41, 5.74) is 14.8. The van der Waals surface area contributed by atoms with Crippen molar-refractivity contribution in [1.29, 1.82) is 0 Å². The van der Waals surface area contributed by atoms with Gasteiger partial charge in [0.15, 0.2) is 0 Å². The third-order valence-electron chi connectivity index (χ3n) is 2.79. The molecule has 0 unspecified atom stereocenters. The highest BCUT2D eigenvalue weighted by Gasteiger charge is 2.12. The molecule has 4 nitrogen and oxygen atoms in total. The highest BCUT2D eigenvalue weighted by atomic mass is 35.5. The third kappa shape index (κ3) is 2.98. The number of nitrogen functional groups attached to an aromatic ring is 2. The molecule has 0 saturated heterocycles. The second-order valence-corrected chi connectivity index (χ2v) is 4.66. The first kappa shape index (κ1) is 13.2. The molecule has 5 heteroatoms. The smallest absolute Gasteiger partial charge is 0.307 e. The van der Waals surface area contributed by atoms with Gasteiger partial charge in [0.1, 0.15) is 0 Å². The number of anilines is 2. The van der Waals surface area contributed by atoms with Crippen LogP contribution in [0.4, 0.5) is 11.4 Å². The predicted octanol–water partition coefficient (Wildman–Crippen LogP) is 2.80. The fourth-order valence-electron chi connectivity index (χ4n) is 1.89. The molecule has 5 N–H and O–H groups in total. The molecule has 0 radical (unpaired) electrons. The number of benzene rings is 2. The average Bonchev–Trinajstić information content (AvgIpc) is 2.34. The van der Waals surface area contributed by atoms with Crippen LogP contribution in [0.15, 0.2) is 36.4 Å². The molecule has 98 valence electrons. The molecule has 0 aliphatic rings. The van der Waals surface area contributed by atoms with Crippen LogP contribution in [0.25, 0.3) is 11.1 Å². The van der Waals surface area contributed by atoms with Gasteiger partial charge in [0, 0.05) is 22.0 Å². The number of rotatable bonds is 3. The monoisotopic (exact) mass is 276 g/mol. The second-order valence-electron chi connectivity index (χ2n) is 4.22. The summed E-state index contributed by atoms with van der Waals surface area (Å²) < 4.78 is 0. The van der Waals surface area contributed by atoms with Gasteiger partial charge in [-0.3, -0.25) is 4.79 Å². The van der Waals surface area contributed by atoms with E-state index in [0.717, 1.165) is 5.56 Å². The number of aliphatic carboxylic acids is 1. The Morgan fingerprint density at radius 2 is 1.79 bits per heavy atom. The molecule has 0 atom stereocenters. The van der Waals surface area contributed by atoms with Crippen LogP contribution in [0.2, 0.25) is 5.02 Å². The number of carbonyl (C=O) groups is 1. The van der Waals surface area contributed by atoms with Crippen LogP contribution in [0.1, 0.15) is 5.56 Å². The van der Waals surface area contributed by atoms with Crippen LogP contribution >= 0.6 is 11.6 Å². The van der Waals surface area contributed by atoms with Crippen LogP contribution in [-0.4, -0.2) is 11.1 Å². The van der Waals surface area contributed by atoms with Crippen molar-refractivity contribution in [3.8, 4) is 11.1 Å². The van der Waals surface area contributed by atoms with E-state index in [-0.39, 0.29) is 6.42 Å². The maximum atomic E-state index is 10.8. The first-order valence-corrected chi connectivity index (χ1v) is 6.01. The molecule has 19 heavy (non-hydrogen) atoms. The summed E-state index contributed by atoms with van der Waals surface area (Å²) >= 11 is 6.01. The van der Waals surface area contributed by atoms with E-state index in [1.54, 1.807) is 24.3 Å². The van der Waals surface area contributed by atoms with Crippen LogP contribution in [0.3, 0.4) is 0 Å². The minimum absolute atomic E-state index is 0.158. The normalized spacial score (nSPS) is 10.4. The number of halogens is 1. The molecule has 0 aliphatic heterocycles. The van der Waals surface area contributed by atoms with E-state index in [1.807, 2.05) is 12.1 Å². The number of hydrogen-bond acceptors (Lipinski definition) is 3. The molecule has 0 heterocycles. The summed E-state index contributed by atoms with van der Waals surface area (Å²) in [6.45, 7) is 0. The highest BCUT2D eigenvalue weighted by Crippen LogP contribution is 2.32. The summed E-state index contributed by atoms with van der Waals surface area (Å²) in [6, 6.07) is 10.4. The quantitative estimate of drug-likeness (QED) is 0.752. The Morgan fingerprint density at radius 1 is 1.16 bits per heavy atom. The Bertz CT molecular complexity index is 624. The zero-order valence-electron chi connectivity index (χ0n) is 10.1. The van der Waals surface area contributed by atoms with E-state index in [0.29, 0.717) is 27.5 Å². The van der Waals surface area contributed by atoms with E-state index in [4.69, 9.17) is 28.2 Å². The Morgan fingerprint density at radius 3 is 2.37 bits per heavy atom. The molecule has 0 aliphatic carbocycles. The van der Waals surface area contributed by atoms with Crippen molar-refractivity contribution >= 4 is 28.9 Å². The molecule has 0 saturated carbocycles. The van der Waals surface area contributed by atoms with Gasteiger partial charge in [0.2, 0.25) is 0 Å². The van der Waals surface area contributed by atoms with Gasteiger partial charge in [0.25, 0.3) is 0 Å². The van der Waals surface area contributed by atoms with Crippen LogP contribution < -0.4 is 11.5 Å². The topological polar surface area (TPSA) is 89.3 Å². The zero-order chi connectivity index (χ0) is 14.0. The van der Waals surface area contributed by atoms with Crippen LogP contribution in [-0.2, 0) is 11.2 Å². The van der Waals surface area contributed by atoms with Gasteiger partial charge in [-0.2, -0.15) is 0 Å². The van der Waals surface area contributed by atoms with Gasteiger partial charge in [-0.05, 0) is 35.4 Å².